The third-order valence-electron chi connectivity index (χ3n) is 4.21. The first kappa shape index (κ1) is 15.3. The molecule has 1 aliphatic rings. The molecule has 2 rings (SSSR count). The van der Waals surface area contributed by atoms with Crippen LogP contribution in [0.25, 0.3) is 0 Å². The van der Waals surface area contributed by atoms with E-state index in [0.29, 0.717) is 0 Å². The van der Waals surface area contributed by atoms with E-state index in [1.54, 1.807) is 0 Å². The van der Waals surface area contributed by atoms with Crippen LogP contribution >= 0.6 is 0 Å². The summed E-state index contributed by atoms with van der Waals surface area (Å²) in [6, 6.07) is 4.34. The van der Waals surface area contributed by atoms with Crippen LogP contribution in [0.3, 0.4) is 0 Å². The molecule has 1 aromatic heterocycles. The van der Waals surface area contributed by atoms with Gasteiger partial charge in [-0.05, 0) is 49.4 Å². The van der Waals surface area contributed by atoms with Crippen molar-refractivity contribution in [2.45, 2.75) is 52.0 Å². The first-order valence-electron chi connectivity index (χ1n) is 8.16. The molecule has 0 saturated heterocycles. The fraction of sp³-hybridized carbons (Fsp3) is 0.706. The number of rotatable bonds is 7. The molecule has 1 aliphatic carbocycles. The van der Waals surface area contributed by atoms with Crippen LogP contribution in [0, 0.1) is 5.92 Å². The van der Waals surface area contributed by atoms with Crippen LogP contribution in [0.2, 0.25) is 0 Å². The van der Waals surface area contributed by atoms with E-state index in [0.717, 1.165) is 31.4 Å². The maximum absolute atomic E-state index is 4.53. The molecule has 1 heterocycles. The predicted octanol–water partition coefficient (Wildman–Crippen LogP) is 3.60. The fourth-order valence-corrected chi connectivity index (χ4v) is 3.04. The lowest BCUT2D eigenvalue weighted by Gasteiger charge is -2.27. The lowest BCUT2D eigenvalue weighted by atomic mass is 9.89. The Bertz CT molecular complexity index is 386. The van der Waals surface area contributed by atoms with Crippen LogP contribution in [0.4, 0.5) is 5.82 Å². The predicted molar refractivity (Wildman–Crippen MR) is 86.1 cm³/mol. The average molecular weight is 275 g/mol. The average Bonchev–Trinajstić information content (AvgIpc) is 2.49. The molecular formula is C17H29N3. The molecule has 0 unspecified atom stereocenters. The number of hydrogen-bond acceptors (Lipinski definition) is 3. The van der Waals surface area contributed by atoms with Gasteiger partial charge >= 0.3 is 0 Å². The maximum atomic E-state index is 4.53. The second-order valence-corrected chi connectivity index (χ2v) is 6.08. The van der Waals surface area contributed by atoms with Gasteiger partial charge in [0.25, 0.3) is 0 Å². The molecule has 20 heavy (non-hydrogen) atoms. The van der Waals surface area contributed by atoms with Crippen LogP contribution in [0.15, 0.2) is 18.3 Å². The molecule has 112 valence electrons. The summed E-state index contributed by atoms with van der Waals surface area (Å²) in [5.74, 6) is 1.98. The van der Waals surface area contributed by atoms with Gasteiger partial charge in [0.1, 0.15) is 5.82 Å². The van der Waals surface area contributed by atoms with E-state index in [4.69, 9.17) is 0 Å². The summed E-state index contributed by atoms with van der Waals surface area (Å²) >= 11 is 0. The molecule has 0 aliphatic heterocycles. The van der Waals surface area contributed by atoms with Crippen LogP contribution < -0.4 is 10.2 Å². The molecule has 1 N–H and O–H groups in total. The van der Waals surface area contributed by atoms with Gasteiger partial charge in [-0.25, -0.2) is 4.98 Å². The Morgan fingerprint density at radius 2 is 2.10 bits per heavy atom. The third kappa shape index (κ3) is 4.78. The number of anilines is 1. The topological polar surface area (TPSA) is 28.2 Å². The molecule has 1 aromatic rings. The van der Waals surface area contributed by atoms with E-state index in [2.05, 4.69) is 41.3 Å². The van der Waals surface area contributed by atoms with E-state index in [1.807, 2.05) is 6.20 Å². The summed E-state index contributed by atoms with van der Waals surface area (Å²) in [6.07, 6.45) is 10.1. The van der Waals surface area contributed by atoms with Gasteiger partial charge in [-0.3, -0.25) is 0 Å². The first-order valence-corrected chi connectivity index (χ1v) is 8.16. The molecule has 0 atom stereocenters. The summed E-state index contributed by atoms with van der Waals surface area (Å²) < 4.78 is 0. The van der Waals surface area contributed by atoms with Gasteiger partial charge in [-0.2, -0.15) is 0 Å². The number of aromatic nitrogens is 1. The molecule has 0 radical (unpaired) electrons. The summed E-state index contributed by atoms with van der Waals surface area (Å²) in [5, 5.41) is 3.45. The van der Waals surface area contributed by atoms with Crippen LogP contribution in [-0.2, 0) is 6.54 Å². The Morgan fingerprint density at radius 1 is 1.30 bits per heavy atom. The first-order chi connectivity index (χ1) is 9.79. The molecule has 0 amide bonds. The van der Waals surface area contributed by atoms with Gasteiger partial charge in [0, 0.05) is 26.3 Å². The zero-order valence-electron chi connectivity index (χ0n) is 13.1. The Kier molecular flexibility index (Phi) is 6.31. The van der Waals surface area contributed by atoms with Crippen molar-refractivity contribution in [3.63, 3.8) is 0 Å². The summed E-state index contributed by atoms with van der Waals surface area (Å²) in [4.78, 5) is 6.86. The Morgan fingerprint density at radius 3 is 2.85 bits per heavy atom. The van der Waals surface area contributed by atoms with Crippen molar-refractivity contribution in [2.24, 2.45) is 5.92 Å². The van der Waals surface area contributed by atoms with Gasteiger partial charge in [0.15, 0.2) is 0 Å². The monoisotopic (exact) mass is 275 g/mol. The SMILES string of the molecule is CCCNCc1ccnc(N(C)CC2CCCCC2)c1. The number of nitrogens with one attached hydrogen (secondary N) is 1. The molecule has 1 fully saturated rings. The van der Waals surface area contributed by atoms with Crippen molar-refractivity contribution in [1.29, 1.82) is 0 Å². The van der Waals surface area contributed by atoms with Crippen molar-refractivity contribution >= 4 is 5.82 Å². The second-order valence-electron chi connectivity index (χ2n) is 6.08. The van der Waals surface area contributed by atoms with E-state index < -0.39 is 0 Å². The molecule has 1 saturated carbocycles. The standard InChI is InChI=1S/C17H29N3/c1-3-10-18-13-16-9-11-19-17(12-16)20(2)14-15-7-5-4-6-8-15/h9,11-12,15,18H,3-8,10,13-14H2,1-2H3. The quantitative estimate of drug-likeness (QED) is 0.771. The highest BCUT2D eigenvalue weighted by Crippen LogP contribution is 2.25. The van der Waals surface area contributed by atoms with Crippen molar-refractivity contribution in [3.05, 3.63) is 23.9 Å². The van der Waals surface area contributed by atoms with Gasteiger partial charge in [0.2, 0.25) is 0 Å². The minimum atomic E-state index is 0.859. The van der Waals surface area contributed by atoms with E-state index in [-0.39, 0.29) is 0 Å². The summed E-state index contributed by atoms with van der Waals surface area (Å²) in [6.45, 7) is 5.37. The van der Waals surface area contributed by atoms with Crippen LogP contribution in [0.1, 0.15) is 51.0 Å². The van der Waals surface area contributed by atoms with Crippen molar-refractivity contribution < 1.29 is 0 Å². The fourth-order valence-electron chi connectivity index (χ4n) is 3.04. The maximum Gasteiger partial charge on any atom is 0.128 e. The number of pyridine rings is 1. The summed E-state index contributed by atoms with van der Waals surface area (Å²) in [5.41, 5.74) is 1.33. The number of nitrogens with zero attached hydrogens (tertiary/aromatic N) is 2. The Labute approximate surface area is 123 Å². The van der Waals surface area contributed by atoms with Crippen molar-refractivity contribution in [2.75, 3.05) is 25.0 Å². The highest BCUT2D eigenvalue weighted by Gasteiger charge is 2.16. The number of hydrogen-bond donors (Lipinski definition) is 1. The zero-order chi connectivity index (χ0) is 14.2. The lowest BCUT2D eigenvalue weighted by molar-refractivity contribution is 0.361. The summed E-state index contributed by atoms with van der Waals surface area (Å²) in [7, 11) is 2.18. The van der Waals surface area contributed by atoms with Gasteiger partial charge in [-0.15, -0.1) is 0 Å². The smallest absolute Gasteiger partial charge is 0.128 e. The van der Waals surface area contributed by atoms with Gasteiger partial charge in [-0.1, -0.05) is 26.2 Å². The van der Waals surface area contributed by atoms with E-state index in [9.17, 15) is 0 Å². The van der Waals surface area contributed by atoms with Crippen LogP contribution in [-0.4, -0.2) is 25.1 Å². The minimum absolute atomic E-state index is 0.859. The largest absolute Gasteiger partial charge is 0.359 e. The normalized spacial score (nSPS) is 16.3. The Balaban J connectivity index is 1.88. The van der Waals surface area contributed by atoms with Gasteiger partial charge in [0.05, 0.1) is 0 Å². The van der Waals surface area contributed by atoms with E-state index >= 15 is 0 Å². The second kappa shape index (κ2) is 8.25. The Hall–Kier alpha value is -1.09. The van der Waals surface area contributed by atoms with Crippen molar-refractivity contribution in [1.82, 2.24) is 10.3 Å². The van der Waals surface area contributed by atoms with Crippen molar-refractivity contribution in [3.8, 4) is 0 Å². The lowest BCUT2D eigenvalue weighted by Crippen LogP contribution is -2.27. The minimum Gasteiger partial charge on any atom is -0.359 e. The molecule has 0 spiro atoms. The molecule has 0 aromatic carbocycles. The molecular weight excluding hydrogens is 246 g/mol. The third-order valence-corrected chi connectivity index (χ3v) is 4.21. The highest BCUT2D eigenvalue weighted by molar-refractivity contribution is 5.40. The molecule has 0 bridgehead atoms. The zero-order valence-corrected chi connectivity index (χ0v) is 13.1. The van der Waals surface area contributed by atoms with Gasteiger partial charge < -0.3 is 10.2 Å². The molecule has 3 nitrogen and oxygen atoms in total. The molecule has 3 heteroatoms. The van der Waals surface area contributed by atoms with E-state index in [1.165, 1.54) is 44.1 Å². The highest BCUT2D eigenvalue weighted by atomic mass is 15.2. The van der Waals surface area contributed by atoms with Crippen LogP contribution in [0.5, 0.6) is 0 Å².